The molecule has 0 aromatic heterocycles. The number of thioether (sulfide) groups is 1. The van der Waals surface area contributed by atoms with E-state index in [-0.39, 0.29) is 17.3 Å². The molecule has 7 heteroatoms. The number of rotatable bonds is 6. The quantitative estimate of drug-likeness (QED) is 0.800. The highest BCUT2D eigenvalue weighted by Gasteiger charge is 2.22. The molecule has 0 fully saturated rings. The summed E-state index contributed by atoms with van der Waals surface area (Å²) < 4.78 is 26.0. The first-order valence-corrected chi connectivity index (χ1v) is 9.96. The van der Waals surface area contributed by atoms with Crippen LogP contribution in [0.4, 0.5) is 5.69 Å². The van der Waals surface area contributed by atoms with Crippen LogP contribution in [-0.2, 0) is 14.8 Å². The maximum atomic E-state index is 12.5. The van der Waals surface area contributed by atoms with Crippen molar-refractivity contribution in [3.05, 3.63) is 54.1 Å². The molecule has 2 aromatic rings. The molecule has 0 spiro atoms. The molecule has 0 heterocycles. The first-order valence-electron chi connectivity index (χ1n) is 7.30. The van der Waals surface area contributed by atoms with Crippen LogP contribution in [0.15, 0.2) is 58.3 Å². The molecule has 0 aliphatic rings. The van der Waals surface area contributed by atoms with Gasteiger partial charge in [0.05, 0.1) is 11.4 Å². The standard InChI is InChI=1S/C17H20N2O3S2/c1-13-4-10-16(11-5-13)24(21,22)19(2)12-17(20)18-14-6-8-15(23-3)9-7-14/h4-11H,12H2,1-3H3,(H,18,20). The molecular formula is C17H20N2O3S2. The molecule has 2 rings (SSSR count). The molecule has 0 saturated heterocycles. The molecule has 0 aliphatic heterocycles. The lowest BCUT2D eigenvalue weighted by Crippen LogP contribution is -2.34. The van der Waals surface area contributed by atoms with Crippen LogP contribution in [-0.4, -0.2) is 38.5 Å². The molecule has 0 radical (unpaired) electrons. The number of benzene rings is 2. The summed E-state index contributed by atoms with van der Waals surface area (Å²) in [7, 11) is -2.29. The van der Waals surface area contributed by atoms with Gasteiger partial charge in [0.25, 0.3) is 0 Å². The number of carbonyl (C=O) groups is 1. The Labute approximate surface area is 147 Å². The number of nitrogens with zero attached hydrogens (tertiary/aromatic N) is 1. The van der Waals surface area contributed by atoms with Gasteiger partial charge in [-0.1, -0.05) is 17.7 Å². The maximum absolute atomic E-state index is 12.5. The molecule has 0 atom stereocenters. The zero-order valence-electron chi connectivity index (χ0n) is 13.8. The van der Waals surface area contributed by atoms with E-state index in [1.807, 2.05) is 25.3 Å². The first-order chi connectivity index (χ1) is 11.3. The van der Waals surface area contributed by atoms with Gasteiger partial charge in [0.1, 0.15) is 0 Å². The average molecular weight is 364 g/mol. The highest BCUT2D eigenvalue weighted by molar-refractivity contribution is 7.98. The Balaban J connectivity index is 2.03. The van der Waals surface area contributed by atoms with Crippen molar-refractivity contribution in [1.29, 1.82) is 0 Å². The average Bonchev–Trinajstić information content (AvgIpc) is 2.55. The summed E-state index contributed by atoms with van der Waals surface area (Å²) in [6, 6.07) is 13.9. The van der Waals surface area contributed by atoms with E-state index in [0.717, 1.165) is 14.8 Å². The third-order valence-corrected chi connectivity index (χ3v) is 6.03. The van der Waals surface area contributed by atoms with Crippen molar-refractivity contribution in [1.82, 2.24) is 4.31 Å². The van der Waals surface area contributed by atoms with Gasteiger partial charge in [-0.15, -0.1) is 11.8 Å². The van der Waals surface area contributed by atoms with E-state index in [0.29, 0.717) is 5.69 Å². The van der Waals surface area contributed by atoms with Crippen LogP contribution < -0.4 is 5.32 Å². The predicted molar refractivity (Wildman–Crippen MR) is 97.8 cm³/mol. The van der Waals surface area contributed by atoms with Crippen LogP contribution in [0, 0.1) is 6.92 Å². The van der Waals surface area contributed by atoms with Crippen LogP contribution in [0.2, 0.25) is 0 Å². The van der Waals surface area contributed by atoms with Gasteiger partial charge in [-0.3, -0.25) is 4.79 Å². The van der Waals surface area contributed by atoms with Crippen molar-refractivity contribution in [2.45, 2.75) is 16.7 Å². The van der Waals surface area contributed by atoms with Crippen LogP contribution in [0.5, 0.6) is 0 Å². The predicted octanol–water partition coefficient (Wildman–Crippen LogP) is 2.98. The van der Waals surface area contributed by atoms with Crippen LogP contribution in [0.25, 0.3) is 0 Å². The summed E-state index contributed by atoms with van der Waals surface area (Å²) in [5.74, 6) is -0.384. The van der Waals surface area contributed by atoms with Gasteiger partial charge in [0.2, 0.25) is 15.9 Å². The first kappa shape index (κ1) is 18.5. The fourth-order valence-electron chi connectivity index (χ4n) is 2.05. The van der Waals surface area contributed by atoms with E-state index in [4.69, 9.17) is 0 Å². The smallest absolute Gasteiger partial charge is 0.243 e. The van der Waals surface area contributed by atoms with Gasteiger partial charge in [-0.05, 0) is 49.6 Å². The molecule has 0 bridgehead atoms. The molecule has 1 amide bonds. The Bertz CT molecular complexity index is 801. The third kappa shape index (κ3) is 4.59. The molecule has 2 aromatic carbocycles. The van der Waals surface area contributed by atoms with E-state index in [2.05, 4.69) is 5.32 Å². The Morgan fingerprint density at radius 2 is 1.67 bits per heavy atom. The molecule has 0 unspecified atom stereocenters. The second kappa shape index (κ2) is 7.83. The summed E-state index contributed by atoms with van der Waals surface area (Å²) >= 11 is 1.61. The maximum Gasteiger partial charge on any atom is 0.243 e. The highest BCUT2D eigenvalue weighted by Crippen LogP contribution is 2.18. The zero-order chi connectivity index (χ0) is 17.7. The van der Waals surface area contributed by atoms with Crippen molar-refractivity contribution < 1.29 is 13.2 Å². The van der Waals surface area contributed by atoms with Crippen molar-refractivity contribution in [3.63, 3.8) is 0 Å². The Morgan fingerprint density at radius 1 is 1.08 bits per heavy atom. The Morgan fingerprint density at radius 3 is 2.21 bits per heavy atom. The van der Waals surface area contributed by atoms with Gasteiger partial charge in [-0.2, -0.15) is 4.31 Å². The minimum Gasteiger partial charge on any atom is -0.325 e. The number of hydrogen-bond acceptors (Lipinski definition) is 4. The van der Waals surface area contributed by atoms with Crippen LogP contribution in [0.3, 0.4) is 0 Å². The van der Waals surface area contributed by atoms with Crippen LogP contribution in [0.1, 0.15) is 5.56 Å². The topological polar surface area (TPSA) is 66.5 Å². The summed E-state index contributed by atoms with van der Waals surface area (Å²) in [6.07, 6.45) is 1.97. The molecule has 0 aliphatic carbocycles. The molecule has 1 N–H and O–H groups in total. The zero-order valence-corrected chi connectivity index (χ0v) is 15.4. The fourth-order valence-corrected chi connectivity index (χ4v) is 3.59. The second-order valence-electron chi connectivity index (χ2n) is 5.35. The lowest BCUT2D eigenvalue weighted by atomic mass is 10.2. The minimum atomic E-state index is -3.68. The summed E-state index contributed by atoms with van der Waals surface area (Å²) in [4.78, 5) is 13.4. The Hall–Kier alpha value is -1.83. The van der Waals surface area contributed by atoms with E-state index in [1.165, 1.54) is 7.05 Å². The van der Waals surface area contributed by atoms with E-state index in [1.54, 1.807) is 48.2 Å². The lowest BCUT2D eigenvalue weighted by molar-refractivity contribution is -0.116. The van der Waals surface area contributed by atoms with Crippen molar-refractivity contribution in [2.75, 3.05) is 25.2 Å². The SMILES string of the molecule is CSc1ccc(NC(=O)CN(C)S(=O)(=O)c2ccc(C)cc2)cc1. The number of likely N-dealkylation sites (N-methyl/N-ethyl adjacent to an activating group) is 1. The summed E-state index contributed by atoms with van der Waals surface area (Å²) in [6.45, 7) is 1.64. The number of aryl methyl sites for hydroxylation is 1. The normalized spacial score (nSPS) is 11.5. The molecule has 128 valence electrons. The Kier molecular flexibility index (Phi) is 6.04. The highest BCUT2D eigenvalue weighted by atomic mass is 32.2. The largest absolute Gasteiger partial charge is 0.325 e. The fraction of sp³-hybridized carbons (Fsp3) is 0.235. The second-order valence-corrected chi connectivity index (χ2v) is 8.28. The van der Waals surface area contributed by atoms with Crippen molar-refractivity contribution in [2.24, 2.45) is 0 Å². The van der Waals surface area contributed by atoms with Gasteiger partial charge >= 0.3 is 0 Å². The number of nitrogens with one attached hydrogen (secondary N) is 1. The summed E-state index contributed by atoms with van der Waals surface area (Å²) in [5.41, 5.74) is 1.61. The molecule has 24 heavy (non-hydrogen) atoms. The number of sulfonamides is 1. The monoisotopic (exact) mass is 364 g/mol. The van der Waals surface area contributed by atoms with Gasteiger partial charge in [0.15, 0.2) is 0 Å². The van der Waals surface area contributed by atoms with Crippen molar-refractivity contribution >= 4 is 33.4 Å². The van der Waals surface area contributed by atoms with Crippen molar-refractivity contribution in [3.8, 4) is 0 Å². The molecule has 5 nitrogen and oxygen atoms in total. The summed E-state index contributed by atoms with van der Waals surface area (Å²) in [5, 5.41) is 2.70. The van der Waals surface area contributed by atoms with E-state index < -0.39 is 10.0 Å². The molecule has 0 saturated carbocycles. The van der Waals surface area contributed by atoms with Gasteiger partial charge in [-0.25, -0.2) is 8.42 Å². The molecular weight excluding hydrogens is 344 g/mol. The number of amides is 1. The third-order valence-electron chi connectivity index (χ3n) is 3.47. The van der Waals surface area contributed by atoms with Gasteiger partial charge < -0.3 is 5.32 Å². The lowest BCUT2D eigenvalue weighted by Gasteiger charge is -2.17. The van der Waals surface area contributed by atoms with Gasteiger partial charge in [0, 0.05) is 17.6 Å². The van der Waals surface area contributed by atoms with E-state index >= 15 is 0 Å². The van der Waals surface area contributed by atoms with E-state index in [9.17, 15) is 13.2 Å². The van der Waals surface area contributed by atoms with Crippen LogP contribution >= 0.6 is 11.8 Å². The number of anilines is 1. The number of carbonyl (C=O) groups excluding carboxylic acids is 1. The number of hydrogen-bond donors (Lipinski definition) is 1. The minimum absolute atomic E-state index is 0.174.